The third-order valence-corrected chi connectivity index (χ3v) is 2.31. The molecule has 5 heteroatoms. The predicted octanol–water partition coefficient (Wildman–Crippen LogP) is 1.66. The van der Waals surface area contributed by atoms with E-state index >= 15 is 0 Å². The van der Waals surface area contributed by atoms with Crippen LogP contribution in [-0.4, -0.2) is 30.3 Å². The fraction of sp³-hybridized carbons (Fsp3) is 0.462. The van der Waals surface area contributed by atoms with Crippen LogP contribution in [0.1, 0.15) is 19.8 Å². The Hall–Kier alpha value is -1.75. The van der Waals surface area contributed by atoms with Crippen molar-refractivity contribution in [3.05, 3.63) is 24.3 Å². The minimum atomic E-state index is -1.02. The minimum Gasteiger partial charge on any atom is -0.490 e. The molecule has 0 heterocycles. The van der Waals surface area contributed by atoms with Gasteiger partial charge in [0.05, 0.1) is 13.2 Å². The monoisotopic (exact) mass is 253 g/mol. The first-order valence-corrected chi connectivity index (χ1v) is 5.98. The lowest BCUT2D eigenvalue weighted by Crippen LogP contribution is -2.31. The molecule has 1 unspecified atom stereocenters. The Morgan fingerprint density at radius 3 is 2.33 bits per heavy atom. The van der Waals surface area contributed by atoms with E-state index in [1.807, 2.05) is 25.1 Å². The van der Waals surface area contributed by atoms with Gasteiger partial charge in [-0.25, -0.2) is 0 Å². The maximum absolute atomic E-state index is 10.5. The van der Waals surface area contributed by atoms with Crippen LogP contribution in [0.4, 0.5) is 0 Å². The number of ether oxygens (including phenoxy) is 2. The molecule has 0 aliphatic rings. The molecule has 0 radical (unpaired) electrons. The van der Waals surface area contributed by atoms with Gasteiger partial charge in [-0.15, -0.1) is 0 Å². The Morgan fingerprint density at radius 1 is 1.28 bits per heavy atom. The molecule has 1 aromatic carbocycles. The highest BCUT2D eigenvalue weighted by atomic mass is 16.5. The first kappa shape index (κ1) is 14.3. The number of para-hydroxylation sites is 2. The summed E-state index contributed by atoms with van der Waals surface area (Å²) in [4.78, 5) is 10.5. The number of carbonyl (C=O) groups is 1. The van der Waals surface area contributed by atoms with E-state index in [1.54, 1.807) is 6.07 Å². The van der Waals surface area contributed by atoms with Crippen LogP contribution in [0, 0.1) is 0 Å². The van der Waals surface area contributed by atoms with E-state index in [0.717, 1.165) is 6.42 Å². The van der Waals surface area contributed by atoms with Crippen molar-refractivity contribution < 1.29 is 19.4 Å². The standard InChI is InChI=1S/C13H19NO4/c1-2-8-17-11-5-3-4-6-12(11)18-9-7-10(14)13(15)16/h3-6,10H,2,7-9,14H2,1H3,(H,15,16). The van der Waals surface area contributed by atoms with Crippen LogP contribution in [0.5, 0.6) is 11.5 Å². The van der Waals surface area contributed by atoms with Crippen LogP contribution in [0.3, 0.4) is 0 Å². The van der Waals surface area contributed by atoms with Crippen molar-refractivity contribution in [3.8, 4) is 11.5 Å². The van der Waals surface area contributed by atoms with Crippen molar-refractivity contribution in [2.75, 3.05) is 13.2 Å². The molecule has 0 aliphatic heterocycles. The van der Waals surface area contributed by atoms with E-state index in [4.69, 9.17) is 20.3 Å². The van der Waals surface area contributed by atoms with Crippen molar-refractivity contribution in [1.29, 1.82) is 0 Å². The molecule has 1 atom stereocenters. The van der Waals surface area contributed by atoms with Gasteiger partial charge in [0.25, 0.3) is 0 Å². The molecule has 1 aromatic rings. The normalized spacial score (nSPS) is 11.9. The summed E-state index contributed by atoms with van der Waals surface area (Å²) in [5, 5.41) is 8.64. The summed E-state index contributed by atoms with van der Waals surface area (Å²) in [6, 6.07) is 6.42. The molecule has 0 spiro atoms. The van der Waals surface area contributed by atoms with E-state index in [0.29, 0.717) is 18.1 Å². The van der Waals surface area contributed by atoms with Gasteiger partial charge in [-0.05, 0) is 18.6 Å². The Kier molecular flexibility index (Phi) is 6.00. The number of hydrogen-bond acceptors (Lipinski definition) is 4. The minimum absolute atomic E-state index is 0.250. The maximum atomic E-state index is 10.5. The van der Waals surface area contributed by atoms with Crippen molar-refractivity contribution in [1.82, 2.24) is 0 Å². The van der Waals surface area contributed by atoms with Crippen LogP contribution in [0.25, 0.3) is 0 Å². The highest BCUT2D eigenvalue weighted by Crippen LogP contribution is 2.26. The molecule has 0 amide bonds. The molecule has 0 bridgehead atoms. The second-order valence-corrected chi connectivity index (χ2v) is 3.88. The second-order valence-electron chi connectivity index (χ2n) is 3.88. The van der Waals surface area contributed by atoms with Gasteiger partial charge in [-0.2, -0.15) is 0 Å². The molecular formula is C13H19NO4. The molecule has 18 heavy (non-hydrogen) atoms. The number of aliphatic carboxylic acids is 1. The molecule has 0 aromatic heterocycles. The molecule has 3 N–H and O–H groups in total. The molecule has 1 rings (SSSR count). The van der Waals surface area contributed by atoms with Gasteiger partial charge in [0.15, 0.2) is 11.5 Å². The van der Waals surface area contributed by atoms with Crippen LogP contribution in [-0.2, 0) is 4.79 Å². The van der Waals surface area contributed by atoms with E-state index in [1.165, 1.54) is 0 Å². The van der Waals surface area contributed by atoms with Crippen LogP contribution >= 0.6 is 0 Å². The topological polar surface area (TPSA) is 81.8 Å². The van der Waals surface area contributed by atoms with Crippen LogP contribution in [0.15, 0.2) is 24.3 Å². The predicted molar refractivity (Wildman–Crippen MR) is 68.0 cm³/mol. The molecule has 0 aliphatic carbocycles. The zero-order valence-corrected chi connectivity index (χ0v) is 10.5. The lowest BCUT2D eigenvalue weighted by Gasteiger charge is -2.13. The van der Waals surface area contributed by atoms with Crippen molar-refractivity contribution in [2.24, 2.45) is 5.73 Å². The SMILES string of the molecule is CCCOc1ccccc1OCCC(N)C(=O)O. The third kappa shape index (κ3) is 4.63. The highest BCUT2D eigenvalue weighted by molar-refractivity contribution is 5.72. The van der Waals surface area contributed by atoms with E-state index in [-0.39, 0.29) is 13.0 Å². The summed E-state index contributed by atoms with van der Waals surface area (Å²) >= 11 is 0. The fourth-order valence-electron chi connectivity index (χ4n) is 1.32. The van der Waals surface area contributed by atoms with Gasteiger partial charge < -0.3 is 20.3 Å². The third-order valence-electron chi connectivity index (χ3n) is 2.31. The first-order chi connectivity index (χ1) is 8.65. The van der Waals surface area contributed by atoms with Gasteiger partial charge in [0.1, 0.15) is 6.04 Å². The molecule has 0 saturated carbocycles. The summed E-state index contributed by atoms with van der Waals surface area (Å²) in [5.74, 6) is 0.265. The van der Waals surface area contributed by atoms with Crippen LogP contribution < -0.4 is 15.2 Å². The zero-order valence-electron chi connectivity index (χ0n) is 10.5. The lowest BCUT2D eigenvalue weighted by atomic mass is 10.2. The quantitative estimate of drug-likeness (QED) is 0.736. The summed E-state index contributed by atoms with van der Waals surface area (Å²) in [6.07, 6.45) is 1.18. The van der Waals surface area contributed by atoms with E-state index < -0.39 is 12.0 Å². The average Bonchev–Trinajstić information content (AvgIpc) is 2.37. The second kappa shape index (κ2) is 7.55. The van der Waals surface area contributed by atoms with Crippen molar-refractivity contribution in [2.45, 2.75) is 25.8 Å². The largest absolute Gasteiger partial charge is 0.490 e. The zero-order chi connectivity index (χ0) is 13.4. The number of carboxylic acids is 1. The lowest BCUT2D eigenvalue weighted by molar-refractivity contribution is -0.138. The van der Waals surface area contributed by atoms with Gasteiger partial charge >= 0.3 is 5.97 Å². The Bertz CT molecular complexity index is 381. The molecular weight excluding hydrogens is 234 g/mol. The Labute approximate surface area is 107 Å². The smallest absolute Gasteiger partial charge is 0.320 e. The number of benzene rings is 1. The summed E-state index contributed by atoms with van der Waals surface area (Å²) in [7, 11) is 0. The van der Waals surface area contributed by atoms with E-state index in [9.17, 15) is 4.79 Å². The Morgan fingerprint density at radius 2 is 1.83 bits per heavy atom. The summed E-state index contributed by atoms with van der Waals surface area (Å²) in [5.41, 5.74) is 5.39. The van der Waals surface area contributed by atoms with Gasteiger partial charge in [0.2, 0.25) is 0 Å². The van der Waals surface area contributed by atoms with E-state index in [2.05, 4.69) is 0 Å². The summed E-state index contributed by atoms with van der Waals surface area (Å²) in [6.45, 7) is 2.89. The van der Waals surface area contributed by atoms with Crippen molar-refractivity contribution in [3.63, 3.8) is 0 Å². The van der Waals surface area contributed by atoms with Gasteiger partial charge in [0, 0.05) is 6.42 Å². The number of nitrogens with two attached hydrogens (primary N) is 1. The number of hydrogen-bond donors (Lipinski definition) is 2. The van der Waals surface area contributed by atoms with Gasteiger partial charge in [-0.1, -0.05) is 19.1 Å². The number of carboxylic acid groups (broad SMARTS) is 1. The summed E-state index contributed by atoms with van der Waals surface area (Å²) < 4.78 is 11.0. The van der Waals surface area contributed by atoms with Crippen molar-refractivity contribution >= 4 is 5.97 Å². The molecule has 5 nitrogen and oxygen atoms in total. The fourth-order valence-corrected chi connectivity index (χ4v) is 1.32. The molecule has 0 fully saturated rings. The highest BCUT2D eigenvalue weighted by Gasteiger charge is 2.11. The first-order valence-electron chi connectivity index (χ1n) is 5.98. The molecule has 100 valence electrons. The average molecular weight is 253 g/mol. The Balaban J connectivity index is 2.48. The number of rotatable bonds is 8. The molecule has 0 saturated heterocycles. The van der Waals surface area contributed by atoms with Crippen LogP contribution in [0.2, 0.25) is 0 Å². The maximum Gasteiger partial charge on any atom is 0.320 e. The van der Waals surface area contributed by atoms with Gasteiger partial charge in [-0.3, -0.25) is 4.79 Å².